The van der Waals surface area contributed by atoms with Crippen molar-refractivity contribution in [2.45, 2.75) is 44.9 Å². The number of hydrogen-bond acceptors (Lipinski definition) is 8. The van der Waals surface area contributed by atoms with Gasteiger partial charge in [-0.05, 0) is 17.9 Å². The van der Waals surface area contributed by atoms with Gasteiger partial charge in [0.25, 0.3) is 5.91 Å². The van der Waals surface area contributed by atoms with Crippen molar-refractivity contribution in [3.63, 3.8) is 0 Å². The Morgan fingerprint density at radius 3 is 2.42 bits per heavy atom. The minimum atomic E-state index is -3.54. The molecule has 5 N–H and O–H groups in total. The summed E-state index contributed by atoms with van der Waals surface area (Å²) in [6.45, 7) is 4.32. The molecule has 0 spiro atoms. The van der Waals surface area contributed by atoms with Crippen molar-refractivity contribution in [1.29, 1.82) is 0 Å². The number of amides is 2. The van der Waals surface area contributed by atoms with E-state index in [1.807, 2.05) is 32.0 Å². The van der Waals surface area contributed by atoms with E-state index in [1.165, 1.54) is 5.38 Å². The fourth-order valence-electron chi connectivity index (χ4n) is 2.92. The van der Waals surface area contributed by atoms with Gasteiger partial charge in [0.05, 0.1) is 24.8 Å². The molecule has 33 heavy (non-hydrogen) atoms. The van der Waals surface area contributed by atoms with Crippen LogP contribution in [0.25, 0.3) is 0 Å². The highest BCUT2D eigenvalue weighted by atomic mass is 32.2. The lowest BCUT2D eigenvalue weighted by Gasteiger charge is -2.27. The molecular formula is C21H30N4O6S2. The van der Waals surface area contributed by atoms with E-state index in [0.717, 1.165) is 23.2 Å². The molecular weight excluding hydrogens is 468 g/mol. The predicted octanol–water partition coefficient (Wildman–Crippen LogP) is 0.740. The van der Waals surface area contributed by atoms with Gasteiger partial charge in [0, 0.05) is 11.9 Å². The Balaban J connectivity index is 2.12. The van der Waals surface area contributed by atoms with E-state index in [1.54, 1.807) is 12.1 Å². The standard InChI is InChI=1S/C21H30N4O6S2/c1-13(2)11-22-18(27)10-17(26)19(28)15(9-14-7-5-4-6-8-14)23-20(29)16-12-32-21(24-16)25-33(3,30)31/h4-8,12-13,15,17,19,26,28H,9-11H2,1-3H3,(H,22,27)(H,23,29)(H,24,25). The van der Waals surface area contributed by atoms with E-state index in [0.29, 0.717) is 6.54 Å². The maximum atomic E-state index is 12.7. The van der Waals surface area contributed by atoms with Gasteiger partial charge in [0.1, 0.15) is 11.8 Å². The molecule has 0 radical (unpaired) electrons. The van der Waals surface area contributed by atoms with Crippen LogP contribution in [0.5, 0.6) is 0 Å². The zero-order valence-corrected chi connectivity index (χ0v) is 20.3. The zero-order valence-electron chi connectivity index (χ0n) is 18.7. The molecule has 0 saturated heterocycles. The smallest absolute Gasteiger partial charge is 0.271 e. The number of anilines is 1. The Morgan fingerprint density at radius 2 is 1.82 bits per heavy atom. The van der Waals surface area contributed by atoms with Gasteiger partial charge < -0.3 is 20.8 Å². The van der Waals surface area contributed by atoms with Gasteiger partial charge in [-0.15, -0.1) is 11.3 Å². The van der Waals surface area contributed by atoms with Crippen LogP contribution >= 0.6 is 11.3 Å². The van der Waals surface area contributed by atoms with Gasteiger partial charge >= 0.3 is 0 Å². The van der Waals surface area contributed by atoms with Gasteiger partial charge in [-0.3, -0.25) is 14.3 Å². The molecule has 2 aromatic rings. The molecule has 0 fully saturated rings. The average Bonchev–Trinajstić information content (AvgIpc) is 3.18. The maximum Gasteiger partial charge on any atom is 0.271 e. The van der Waals surface area contributed by atoms with Gasteiger partial charge in [-0.25, -0.2) is 13.4 Å². The summed E-state index contributed by atoms with van der Waals surface area (Å²) >= 11 is 0.940. The number of nitrogens with zero attached hydrogens (tertiary/aromatic N) is 1. The van der Waals surface area contributed by atoms with Gasteiger partial charge in [0.2, 0.25) is 15.9 Å². The van der Waals surface area contributed by atoms with Gasteiger partial charge in [-0.1, -0.05) is 44.2 Å². The SMILES string of the molecule is CC(C)CNC(=O)CC(O)C(O)C(Cc1ccccc1)NC(=O)c1csc(NS(C)(=O)=O)n1. The summed E-state index contributed by atoms with van der Waals surface area (Å²) in [6, 6.07) is 8.13. The van der Waals surface area contributed by atoms with E-state index < -0.39 is 40.1 Å². The number of carbonyl (C=O) groups excluding carboxylic acids is 2. The number of aliphatic hydroxyl groups excluding tert-OH is 2. The highest BCUT2D eigenvalue weighted by Crippen LogP contribution is 2.18. The first-order valence-electron chi connectivity index (χ1n) is 10.4. The van der Waals surface area contributed by atoms with Crippen LogP contribution in [0.15, 0.2) is 35.7 Å². The number of rotatable bonds is 12. The van der Waals surface area contributed by atoms with Crippen LogP contribution in [0.4, 0.5) is 5.13 Å². The average molecular weight is 499 g/mol. The lowest BCUT2D eigenvalue weighted by Crippen LogP contribution is -2.51. The molecule has 0 bridgehead atoms. The van der Waals surface area contributed by atoms with Crippen molar-refractivity contribution in [3.05, 3.63) is 47.0 Å². The summed E-state index contributed by atoms with van der Waals surface area (Å²) in [5.41, 5.74) is 0.761. The van der Waals surface area contributed by atoms with Crippen molar-refractivity contribution in [1.82, 2.24) is 15.6 Å². The fourth-order valence-corrected chi connectivity index (χ4v) is 4.46. The number of sulfonamides is 1. The molecule has 3 atom stereocenters. The molecule has 0 aliphatic rings. The van der Waals surface area contributed by atoms with E-state index in [4.69, 9.17) is 0 Å². The first kappa shape index (κ1) is 26.7. The van der Waals surface area contributed by atoms with Gasteiger partial charge in [-0.2, -0.15) is 0 Å². The second kappa shape index (κ2) is 12.1. The molecule has 1 aromatic carbocycles. The highest BCUT2D eigenvalue weighted by Gasteiger charge is 2.30. The monoisotopic (exact) mass is 498 g/mol. The van der Waals surface area contributed by atoms with Crippen molar-refractivity contribution in [2.24, 2.45) is 5.92 Å². The van der Waals surface area contributed by atoms with E-state index in [-0.39, 0.29) is 29.6 Å². The Kier molecular flexibility index (Phi) is 9.77. The number of carbonyl (C=O) groups is 2. The van der Waals surface area contributed by atoms with Crippen molar-refractivity contribution in [2.75, 3.05) is 17.5 Å². The predicted molar refractivity (Wildman–Crippen MR) is 126 cm³/mol. The Labute approximate surface area is 197 Å². The Morgan fingerprint density at radius 1 is 1.15 bits per heavy atom. The number of nitrogens with one attached hydrogen (secondary N) is 3. The van der Waals surface area contributed by atoms with Crippen LogP contribution in [0.1, 0.15) is 36.3 Å². The Hall–Kier alpha value is -2.54. The maximum absolute atomic E-state index is 12.7. The molecule has 10 nitrogen and oxygen atoms in total. The summed E-state index contributed by atoms with van der Waals surface area (Å²) in [5.74, 6) is -0.818. The van der Waals surface area contributed by atoms with Crippen molar-refractivity contribution >= 4 is 38.3 Å². The first-order chi connectivity index (χ1) is 15.4. The zero-order chi connectivity index (χ0) is 24.6. The molecule has 0 saturated carbocycles. The first-order valence-corrected chi connectivity index (χ1v) is 13.1. The number of aliphatic hydroxyl groups is 2. The third-order valence-corrected chi connectivity index (χ3v) is 5.98. The Bertz CT molecular complexity index is 1030. The third kappa shape index (κ3) is 9.46. The van der Waals surface area contributed by atoms with E-state index >= 15 is 0 Å². The quantitative estimate of drug-likeness (QED) is 0.289. The van der Waals surface area contributed by atoms with Crippen molar-refractivity contribution < 1.29 is 28.2 Å². The normalized spacial score (nSPS) is 14.4. The second-order valence-corrected chi connectivity index (χ2v) is 10.7. The summed E-state index contributed by atoms with van der Waals surface area (Å²) < 4.78 is 24.9. The van der Waals surface area contributed by atoms with Crippen LogP contribution < -0.4 is 15.4 Å². The molecule has 1 heterocycles. The molecule has 12 heteroatoms. The summed E-state index contributed by atoms with van der Waals surface area (Å²) in [4.78, 5) is 28.8. The van der Waals surface area contributed by atoms with Crippen LogP contribution in [-0.4, -0.2) is 66.5 Å². The molecule has 1 aromatic heterocycles. The highest BCUT2D eigenvalue weighted by molar-refractivity contribution is 7.92. The van der Waals surface area contributed by atoms with Crippen LogP contribution in [-0.2, 0) is 21.2 Å². The van der Waals surface area contributed by atoms with Gasteiger partial charge in [0.15, 0.2) is 5.13 Å². The summed E-state index contributed by atoms with van der Waals surface area (Å²) in [6.07, 6.45) is -2.01. The fraction of sp³-hybridized carbons (Fsp3) is 0.476. The van der Waals surface area contributed by atoms with Crippen molar-refractivity contribution in [3.8, 4) is 0 Å². The third-order valence-electron chi connectivity index (χ3n) is 4.53. The summed E-state index contributed by atoms with van der Waals surface area (Å²) in [7, 11) is -3.54. The number of aromatic nitrogens is 1. The number of thiazole rings is 1. The number of hydrogen-bond donors (Lipinski definition) is 5. The molecule has 2 amide bonds. The second-order valence-electron chi connectivity index (χ2n) is 8.14. The summed E-state index contributed by atoms with van der Waals surface area (Å²) in [5, 5.41) is 28.0. The molecule has 2 rings (SSSR count). The lowest BCUT2D eigenvalue weighted by molar-refractivity contribution is -0.125. The van der Waals surface area contributed by atoms with Crippen LogP contribution in [0.2, 0.25) is 0 Å². The molecule has 0 aliphatic heterocycles. The van der Waals surface area contributed by atoms with Crippen LogP contribution in [0.3, 0.4) is 0 Å². The molecule has 3 unspecified atom stereocenters. The minimum absolute atomic E-state index is 0.0321. The van der Waals surface area contributed by atoms with E-state index in [2.05, 4.69) is 20.3 Å². The van der Waals surface area contributed by atoms with E-state index in [9.17, 15) is 28.2 Å². The lowest BCUT2D eigenvalue weighted by atomic mass is 9.96. The largest absolute Gasteiger partial charge is 0.390 e. The molecule has 0 aliphatic carbocycles. The molecule has 182 valence electrons. The topological polar surface area (TPSA) is 158 Å². The van der Waals surface area contributed by atoms with Crippen LogP contribution in [0, 0.1) is 5.92 Å². The number of benzene rings is 1. The minimum Gasteiger partial charge on any atom is -0.390 e.